The largest absolute Gasteiger partial charge is 0.368 e. The summed E-state index contributed by atoms with van der Waals surface area (Å²) >= 11 is 5.75. The Labute approximate surface area is 156 Å². The Bertz CT molecular complexity index is 941. The van der Waals surface area contributed by atoms with Crippen LogP contribution in [-0.2, 0) is 22.4 Å². The number of fused-ring (bicyclic) bond motifs is 1. The third kappa shape index (κ3) is 4.58. The average molecular weight is 368 g/mol. The van der Waals surface area contributed by atoms with Gasteiger partial charge in [-0.15, -0.1) is 0 Å². The van der Waals surface area contributed by atoms with Gasteiger partial charge >= 0.3 is 0 Å². The van der Waals surface area contributed by atoms with E-state index in [-0.39, 0.29) is 18.7 Å². The molecule has 132 valence electrons. The van der Waals surface area contributed by atoms with Crippen molar-refractivity contribution in [1.82, 2.24) is 10.3 Å². The monoisotopic (exact) mass is 367 g/mol. The summed E-state index contributed by atoms with van der Waals surface area (Å²) in [6.45, 7) is 0. The molecule has 3 N–H and O–H groups in total. The van der Waals surface area contributed by atoms with Crippen LogP contribution < -0.4 is 11.1 Å². The van der Waals surface area contributed by atoms with Gasteiger partial charge in [-0.1, -0.05) is 60.1 Å². The SMILES string of the molecule is NC(=O)[C@@H](Cc1ccc(Cl)nc1)NC(=O)Cc1ccc2ccccc2c1. The van der Waals surface area contributed by atoms with E-state index in [1.807, 2.05) is 42.5 Å². The molecule has 5 nitrogen and oxygen atoms in total. The minimum atomic E-state index is -0.800. The lowest BCUT2D eigenvalue weighted by Crippen LogP contribution is -2.46. The third-order valence-corrected chi connectivity index (χ3v) is 4.31. The molecule has 26 heavy (non-hydrogen) atoms. The Morgan fingerprint density at radius 3 is 2.46 bits per heavy atom. The van der Waals surface area contributed by atoms with Crippen molar-refractivity contribution in [3.05, 3.63) is 77.1 Å². The summed E-state index contributed by atoms with van der Waals surface area (Å²) in [5, 5.41) is 5.25. The highest BCUT2D eigenvalue weighted by Gasteiger charge is 2.19. The maximum Gasteiger partial charge on any atom is 0.240 e. The molecule has 0 unspecified atom stereocenters. The van der Waals surface area contributed by atoms with Crippen LogP contribution in [0.15, 0.2) is 60.8 Å². The molecule has 0 bridgehead atoms. The van der Waals surface area contributed by atoms with Crippen LogP contribution in [0.4, 0.5) is 0 Å². The summed E-state index contributed by atoms with van der Waals surface area (Å²) in [5.74, 6) is -0.849. The number of halogens is 1. The fraction of sp³-hybridized carbons (Fsp3) is 0.150. The number of rotatable bonds is 6. The Morgan fingerprint density at radius 1 is 1.04 bits per heavy atom. The standard InChI is InChI=1S/C20H18ClN3O2/c21-18-8-6-14(12-23-18)10-17(20(22)26)24-19(25)11-13-5-7-15-3-1-2-4-16(15)9-13/h1-9,12,17H,10-11H2,(H2,22,26)(H,24,25)/t17-/m1/s1. The second-order valence-corrected chi connectivity index (χ2v) is 6.46. The second-order valence-electron chi connectivity index (χ2n) is 6.07. The molecule has 6 heteroatoms. The van der Waals surface area contributed by atoms with E-state index in [4.69, 9.17) is 17.3 Å². The van der Waals surface area contributed by atoms with E-state index in [9.17, 15) is 9.59 Å². The zero-order chi connectivity index (χ0) is 18.5. The highest BCUT2D eigenvalue weighted by molar-refractivity contribution is 6.29. The number of nitrogens with two attached hydrogens (primary N) is 1. The van der Waals surface area contributed by atoms with Crippen molar-refractivity contribution in [3.63, 3.8) is 0 Å². The van der Waals surface area contributed by atoms with Crippen LogP contribution in [0, 0.1) is 0 Å². The number of nitrogens with zero attached hydrogens (tertiary/aromatic N) is 1. The lowest BCUT2D eigenvalue weighted by atomic mass is 10.0. The van der Waals surface area contributed by atoms with Crippen molar-refractivity contribution >= 4 is 34.2 Å². The molecule has 3 rings (SSSR count). The maximum atomic E-state index is 12.4. The van der Waals surface area contributed by atoms with Gasteiger partial charge in [0.1, 0.15) is 11.2 Å². The van der Waals surface area contributed by atoms with Crippen molar-refractivity contribution in [2.45, 2.75) is 18.9 Å². The minimum absolute atomic E-state index is 0.174. The van der Waals surface area contributed by atoms with Crippen molar-refractivity contribution < 1.29 is 9.59 Å². The number of benzene rings is 2. The molecule has 1 aromatic heterocycles. The van der Waals surface area contributed by atoms with Gasteiger partial charge in [0.2, 0.25) is 11.8 Å². The lowest BCUT2D eigenvalue weighted by Gasteiger charge is -2.15. The van der Waals surface area contributed by atoms with Crippen LogP contribution in [0.3, 0.4) is 0 Å². The van der Waals surface area contributed by atoms with Crippen LogP contribution in [0.2, 0.25) is 5.15 Å². The quantitative estimate of drug-likeness (QED) is 0.657. The summed E-state index contributed by atoms with van der Waals surface area (Å²) < 4.78 is 0. The summed E-state index contributed by atoms with van der Waals surface area (Å²) in [4.78, 5) is 28.0. The molecule has 0 saturated heterocycles. The predicted molar refractivity (Wildman–Crippen MR) is 102 cm³/mol. The normalized spacial score (nSPS) is 11.9. The molecular formula is C20H18ClN3O2. The molecule has 0 fully saturated rings. The third-order valence-electron chi connectivity index (χ3n) is 4.09. The van der Waals surface area contributed by atoms with E-state index in [0.717, 1.165) is 21.9 Å². The number of hydrogen-bond donors (Lipinski definition) is 2. The topological polar surface area (TPSA) is 85.1 Å². The fourth-order valence-electron chi connectivity index (χ4n) is 2.77. The van der Waals surface area contributed by atoms with Gasteiger partial charge in [0.25, 0.3) is 0 Å². The average Bonchev–Trinajstić information content (AvgIpc) is 2.62. The number of amides is 2. The van der Waals surface area contributed by atoms with E-state index in [2.05, 4.69) is 10.3 Å². The smallest absolute Gasteiger partial charge is 0.240 e. The van der Waals surface area contributed by atoms with E-state index in [0.29, 0.717) is 5.15 Å². The van der Waals surface area contributed by atoms with Gasteiger partial charge in [0.05, 0.1) is 6.42 Å². The van der Waals surface area contributed by atoms with Crippen molar-refractivity contribution in [2.24, 2.45) is 5.73 Å². The van der Waals surface area contributed by atoms with Gasteiger partial charge in [-0.05, 0) is 28.0 Å². The molecule has 0 saturated carbocycles. The van der Waals surface area contributed by atoms with Gasteiger partial charge in [0.15, 0.2) is 0 Å². The minimum Gasteiger partial charge on any atom is -0.368 e. The summed E-state index contributed by atoms with van der Waals surface area (Å²) in [7, 11) is 0. The number of nitrogens with one attached hydrogen (secondary N) is 1. The molecule has 2 aromatic carbocycles. The van der Waals surface area contributed by atoms with E-state index in [1.165, 1.54) is 0 Å². The molecule has 2 amide bonds. The Hall–Kier alpha value is -2.92. The predicted octanol–water partition coefficient (Wildman–Crippen LogP) is 2.64. The highest BCUT2D eigenvalue weighted by atomic mass is 35.5. The van der Waals surface area contributed by atoms with E-state index >= 15 is 0 Å². The number of aromatic nitrogens is 1. The second kappa shape index (κ2) is 7.97. The van der Waals surface area contributed by atoms with Gasteiger partial charge in [-0.3, -0.25) is 9.59 Å². The zero-order valence-corrected chi connectivity index (χ0v) is 14.7. The summed E-state index contributed by atoms with van der Waals surface area (Å²) in [5.41, 5.74) is 7.07. The highest BCUT2D eigenvalue weighted by Crippen LogP contribution is 2.16. The van der Waals surface area contributed by atoms with Crippen LogP contribution in [0.25, 0.3) is 10.8 Å². The van der Waals surface area contributed by atoms with Crippen LogP contribution in [0.1, 0.15) is 11.1 Å². The first-order valence-electron chi connectivity index (χ1n) is 8.18. The maximum absolute atomic E-state index is 12.4. The Kier molecular flexibility index (Phi) is 5.49. The van der Waals surface area contributed by atoms with E-state index in [1.54, 1.807) is 18.3 Å². The van der Waals surface area contributed by atoms with Gasteiger partial charge in [-0.25, -0.2) is 4.98 Å². The number of pyridine rings is 1. The van der Waals surface area contributed by atoms with Crippen molar-refractivity contribution in [2.75, 3.05) is 0 Å². The Balaban J connectivity index is 1.67. The van der Waals surface area contributed by atoms with Crippen LogP contribution in [0.5, 0.6) is 0 Å². The molecular weight excluding hydrogens is 350 g/mol. The number of carbonyl (C=O) groups is 2. The summed E-state index contributed by atoms with van der Waals surface area (Å²) in [6.07, 6.45) is 2.00. The molecule has 0 spiro atoms. The molecule has 0 radical (unpaired) electrons. The van der Waals surface area contributed by atoms with Crippen LogP contribution >= 0.6 is 11.6 Å². The summed E-state index contributed by atoms with van der Waals surface area (Å²) in [6, 6.07) is 16.4. The molecule has 0 aliphatic heterocycles. The van der Waals surface area contributed by atoms with Gasteiger partial charge < -0.3 is 11.1 Å². The van der Waals surface area contributed by atoms with Crippen molar-refractivity contribution in [3.8, 4) is 0 Å². The number of hydrogen-bond acceptors (Lipinski definition) is 3. The molecule has 3 aromatic rings. The van der Waals surface area contributed by atoms with Crippen LogP contribution in [-0.4, -0.2) is 22.8 Å². The molecule has 0 aliphatic rings. The first-order valence-corrected chi connectivity index (χ1v) is 8.56. The zero-order valence-electron chi connectivity index (χ0n) is 14.0. The van der Waals surface area contributed by atoms with Gasteiger partial charge in [-0.2, -0.15) is 0 Å². The number of primary amides is 1. The van der Waals surface area contributed by atoms with E-state index < -0.39 is 11.9 Å². The first-order chi connectivity index (χ1) is 12.5. The number of carbonyl (C=O) groups excluding carboxylic acids is 2. The van der Waals surface area contributed by atoms with Gasteiger partial charge in [0, 0.05) is 12.6 Å². The molecule has 1 atom stereocenters. The first kappa shape index (κ1) is 17.9. The fourth-order valence-corrected chi connectivity index (χ4v) is 2.88. The Morgan fingerprint density at radius 2 is 1.77 bits per heavy atom. The lowest BCUT2D eigenvalue weighted by molar-refractivity contribution is -0.127. The molecule has 0 aliphatic carbocycles. The van der Waals surface area contributed by atoms with Crippen molar-refractivity contribution in [1.29, 1.82) is 0 Å². The molecule has 1 heterocycles.